The van der Waals surface area contributed by atoms with Crippen LogP contribution in [0.4, 0.5) is 0 Å². The number of aliphatic carboxylic acids is 1. The van der Waals surface area contributed by atoms with Crippen molar-refractivity contribution in [3.05, 3.63) is 35.4 Å². The van der Waals surface area contributed by atoms with Gasteiger partial charge in [-0.2, -0.15) is 0 Å². The van der Waals surface area contributed by atoms with E-state index in [9.17, 15) is 14.7 Å². The first-order chi connectivity index (χ1) is 18.4. The Bertz CT molecular complexity index is 802. The molecule has 0 radical (unpaired) electrons. The average molecular weight is 530 g/mol. The Morgan fingerprint density at radius 3 is 1.87 bits per heavy atom. The van der Waals surface area contributed by atoms with Gasteiger partial charge in [0.25, 0.3) is 0 Å². The van der Waals surface area contributed by atoms with Gasteiger partial charge in [-0.05, 0) is 44.9 Å². The van der Waals surface area contributed by atoms with E-state index in [1.165, 1.54) is 77.0 Å². The molecule has 1 amide bonds. The van der Waals surface area contributed by atoms with E-state index in [-0.39, 0.29) is 18.4 Å². The molecule has 1 aromatic rings. The Morgan fingerprint density at radius 2 is 1.39 bits per heavy atom. The highest BCUT2D eigenvalue weighted by molar-refractivity contribution is 5.83. The summed E-state index contributed by atoms with van der Waals surface area (Å²) in [6.07, 6.45) is 23.8. The number of rotatable bonds is 23. The van der Waals surface area contributed by atoms with Gasteiger partial charge in [0.2, 0.25) is 5.91 Å². The third kappa shape index (κ3) is 16.5. The number of carbonyl (C=O) groups excluding carboxylic acids is 1. The van der Waals surface area contributed by atoms with Gasteiger partial charge in [-0.3, -0.25) is 4.79 Å². The molecule has 0 unspecified atom stereocenters. The lowest BCUT2D eigenvalue weighted by Gasteiger charge is -2.17. The molecule has 0 bridgehead atoms. The van der Waals surface area contributed by atoms with Crippen molar-refractivity contribution in [3.63, 3.8) is 0 Å². The maximum absolute atomic E-state index is 12.4. The Hall–Kier alpha value is -2.30. The molecule has 1 rings (SSSR count). The predicted octanol–water partition coefficient (Wildman–Crippen LogP) is 8.88. The molecular weight excluding hydrogens is 474 g/mol. The number of nitrogens with one attached hydrogen (secondary N) is 1. The fourth-order valence-electron chi connectivity index (χ4n) is 4.76. The van der Waals surface area contributed by atoms with Gasteiger partial charge in [0.1, 0.15) is 11.8 Å². The molecule has 0 saturated heterocycles. The van der Waals surface area contributed by atoms with E-state index < -0.39 is 12.0 Å². The van der Waals surface area contributed by atoms with Gasteiger partial charge in [0.05, 0.1) is 6.10 Å². The standard InChI is InChI=1S/C33H55NO4/c1-5-7-8-9-10-11-12-13-14-15-16-17-18-19-20-22-32(35)34-30(33(36)37)26-28-23-24-31(38-27(3)4)29(25-28)21-6-2/h6,21,23-25,27,30H,5,7-20,22,26H2,1-4H3,(H,34,35)(H,36,37)/b21-6+/t30-/m0/s1. The smallest absolute Gasteiger partial charge is 0.326 e. The number of hydrogen-bond donors (Lipinski definition) is 2. The summed E-state index contributed by atoms with van der Waals surface area (Å²) in [6.45, 7) is 8.15. The Morgan fingerprint density at radius 1 is 0.868 bits per heavy atom. The molecule has 0 aliphatic rings. The van der Waals surface area contributed by atoms with Crippen LogP contribution in [0, 0.1) is 0 Å². The Balaban J connectivity index is 2.23. The van der Waals surface area contributed by atoms with Crippen molar-refractivity contribution in [2.75, 3.05) is 0 Å². The molecule has 5 heteroatoms. The lowest BCUT2D eigenvalue weighted by Crippen LogP contribution is -2.42. The first-order valence-electron chi connectivity index (χ1n) is 15.3. The highest BCUT2D eigenvalue weighted by Crippen LogP contribution is 2.24. The molecule has 0 saturated carbocycles. The minimum atomic E-state index is -1.01. The van der Waals surface area contributed by atoms with Gasteiger partial charge in [0, 0.05) is 18.4 Å². The topological polar surface area (TPSA) is 75.6 Å². The lowest BCUT2D eigenvalue weighted by molar-refractivity contribution is -0.141. The molecule has 0 spiro atoms. The van der Waals surface area contributed by atoms with Crippen molar-refractivity contribution < 1.29 is 19.4 Å². The molecule has 5 nitrogen and oxygen atoms in total. The third-order valence-corrected chi connectivity index (χ3v) is 6.86. The van der Waals surface area contributed by atoms with Gasteiger partial charge in [-0.1, -0.05) is 115 Å². The molecule has 0 aliphatic carbocycles. The summed E-state index contributed by atoms with van der Waals surface area (Å²) >= 11 is 0. The maximum atomic E-state index is 12.4. The fourth-order valence-corrected chi connectivity index (χ4v) is 4.76. The van der Waals surface area contributed by atoms with Gasteiger partial charge < -0.3 is 15.2 Å². The molecule has 2 N–H and O–H groups in total. The summed E-state index contributed by atoms with van der Waals surface area (Å²) in [5.74, 6) is -0.420. The van der Waals surface area contributed by atoms with E-state index in [2.05, 4.69) is 12.2 Å². The second-order valence-corrected chi connectivity index (χ2v) is 10.9. The lowest BCUT2D eigenvalue weighted by atomic mass is 10.0. The summed E-state index contributed by atoms with van der Waals surface area (Å²) in [6, 6.07) is 4.76. The van der Waals surface area contributed by atoms with Crippen LogP contribution in [0.2, 0.25) is 0 Å². The Kier molecular flexibility index (Phi) is 19.2. The molecular formula is C33H55NO4. The van der Waals surface area contributed by atoms with Crippen molar-refractivity contribution in [2.24, 2.45) is 0 Å². The van der Waals surface area contributed by atoms with Crippen molar-refractivity contribution in [3.8, 4) is 5.75 Å². The summed E-state index contributed by atoms with van der Waals surface area (Å²) in [7, 11) is 0. The van der Waals surface area contributed by atoms with E-state index in [4.69, 9.17) is 4.74 Å². The number of ether oxygens (including phenoxy) is 1. The van der Waals surface area contributed by atoms with Crippen LogP contribution in [-0.4, -0.2) is 29.1 Å². The molecule has 0 aliphatic heterocycles. The monoisotopic (exact) mass is 529 g/mol. The molecule has 216 valence electrons. The SMILES string of the molecule is C/C=C/c1cc(C[C@H](NC(=O)CCCCCCCCCCCCCCCCC)C(=O)O)ccc1OC(C)C. The van der Waals surface area contributed by atoms with E-state index in [0.29, 0.717) is 6.42 Å². The first kappa shape index (κ1) is 33.7. The molecule has 0 fully saturated rings. The van der Waals surface area contributed by atoms with Crippen LogP contribution in [0.15, 0.2) is 24.3 Å². The maximum Gasteiger partial charge on any atom is 0.326 e. The van der Waals surface area contributed by atoms with Gasteiger partial charge in [-0.25, -0.2) is 4.79 Å². The molecule has 0 aromatic heterocycles. The van der Waals surface area contributed by atoms with Crippen LogP contribution >= 0.6 is 0 Å². The van der Waals surface area contributed by atoms with Crippen LogP contribution in [0.1, 0.15) is 142 Å². The fraction of sp³-hybridized carbons (Fsp3) is 0.697. The van der Waals surface area contributed by atoms with Crippen LogP contribution in [0.5, 0.6) is 5.75 Å². The van der Waals surface area contributed by atoms with E-state index in [1.807, 2.05) is 51.1 Å². The normalized spacial score (nSPS) is 12.2. The zero-order valence-electron chi connectivity index (χ0n) is 24.7. The molecule has 1 atom stereocenters. The second-order valence-electron chi connectivity index (χ2n) is 10.9. The first-order valence-corrected chi connectivity index (χ1v) is 15.3. The molecule has 0 heterocycles. The number of carboxylic acid groups (broad SMARTS) is 1. The number of unbranched alkanes of at least 4 members (excludes halogenated alkanes) is 14. The van der Waals surface area contributed by atoms with Gasteiger partial charge in [-0.15, -0.1) is 0 Å². The number of carboxylic acids is 1. The van der Waals surface area contributed by atoms with E-state index in [0.717, 1.165) is 36.1 Å². The van der Waals surface area contributed by atoms with Crippen LogP contribution in [0.3, 0.4) is 0 Å². The number of allylic oxidation sites excluding steroid dienone is 1. The Labute approximate surface area is 232 Å². The highest BCUT2D eigenvalue weighted by Gasteiger charge is 2.21. The number of benzene rings is 1. The van der Waals surface area contributed by atoms with Crippen molar-refractivity contribution in [1.29, 1.82) is 0 Å². The quantitative estimate of drug-likeness (QED) is 0.139. The zero-order chi connectivity index (χ0) is 28.0. The van der Waals surface area contributed by atoms with Crippen LogP contribution in [-0.2, 0) is 16.0 Å². The predicted molar refractivity (Wildman–Crippen MR) is 160 cm³/mol. The van der Waals surface area contributed by atoms with Crippen LogP contribution in [0.25, 0.3) is 6.08 Å². The largest absolute Gasteiger partial charge is 0.490 e. The van der Waals surface area contributed by atoms with Crippen molar-refractivity contribution in [1.82, 2.24) is 5.32 Å². The zero-order valence-corrected chi connectivity index (χ0v) is 24.7. The third-order valence-electron chi connectivity index (χ3n) is 6.86. The number of amides is 1. The van der Waals surface area contributed by atoms with Crippen molar-refractivity contribution >= 4 is 18.0 Å². The summed E-state index contributed by atoms with van der Waals surface area (Å²) in [4.78, 5) is 24.2. The van der Waals surface area contributed by atoms with Crippen LogP contribution < -0.4 is 10.1 Å². The molecule has 38 heavy (non-hydrogen) atoms. The molecule has 1 aromatic carbocycles. The number of carbonyl (C=O) groups is 2. The average Bonchev–Trinajstić information content (AvgIpc) is 2.87. The summed E-state index contributed by atoms with van der Waals surface area (Å²) < 4.78 is 5.85. The number of hydrogen-bond acceptors (Lipinski definition) is 3. The van der Waals surface area contributed by atoms with Gasteiger partial charge in [0.15, 0.2) is 0 Å². The highest BCUT2D eigenvalue weighted by atomic mass is 16.5. The summed E-state index contributed by atoms with van der Waals surface area (Å²) in [5, 5.41) is 12.4. The van der Waals surface area contributed by atoms with E-state index in [1.54, 1.807) is 0 Å². The summed E-state index contributed by atoms with van der Waals surface area (Å²) in [5.41, 5.74) is 1.76. The van der Waals surface area contributed by atoms with Crippen molar-refractivity contribution in [2.45, 2.75) is 149 Å². The van der Waals surface area contributed by atoms with E-state index >= 15 is 0 Å². The van der Waals surface area contributed by atoms with Gasteiger partial charge >= 0.3 is 5.97 Å². The minimum absolute atomic E-state index is 0.0515. The second kappa shape index (κ2) is 21.6. The minimum Gasteiger partial charge on any atom is -0.490 e.